The topological polar surface area (TPSA) is 52.0 Å². The van der Waals surface area contributed by atoms with Gasteiger partial charge in [-0.2, -0.15) is 0 Å². The molecular weight excluding hydrogens is 408 g/mol. The van der Waals surface area contributed by atoms with E-state index in [9.17, 15) is 0 Å². The Morgan fingerprint density at radius 2 is 1.67 bits per heavy atom. The molecule has 1 N–H and O–H groups in total. The Bertz CT molecular complexity index is 1390. The van der Waals surface area contributed by atoms with Crippen LogP contribution in [0, 0.1) is 6.92 Å². The van der Waals surface area contributed by atoms with Crippen molar-refractivity contribution in [2.24, 2.45) is 0 Å². The van der Waals surface area contributed by atoms with E-state index in [2.05, 4.69) is 89.4 Å². The summed E-state index contributed by atoms with van der Waals surface area (Å²) in [5.74, 6) is 1.62. The summed E-state index contributed by atoms with van der Waals surface area (Å²) in [6.45, 7) is 4.29. The largest absolute Gasteiger partial charge is 0.497 e. The Balaban J connectivity index is 1.69. The average molecular weight is 435 g/mol. The molecule has 2 heterocycles. The first-order valence-corrected chi connectivity index (χ1v) is 11.0. The van der Waals surface area contributed by atoms with Crippen molar-refractivity contribution >= 4 is 22.5 Å². The highest BCUT2D eigenvalue weighted by Crippen LogP contribution is 2.36. The molecule has 1 unspecified atom stereocenters. The molecular formula is C28H26N4O. The van der Waals surface area contributed by atoms with E-state index in [0.29, 0.717) is 0 Å². The summed E-state index contributed by atoms with van der Waals surface area (Å²) in [6, 6.07) is 29.2. The third-order valence-corrected chi connectivity index (χ3v) is 5.97. The lowest BCUT2D eigenvalue weighted by molar-refractivity contribution is 0.415. The standard InChI is InChI=1S/C28H26N4O/c1-19-8-7-11-23(16-19)31-27-25-17-26(22-12-14-24(33-3)15-13-22)32(28(25)30-18-29-27)20(2)21-9-5-4-6-10-21/h4-18,20H,1-3H3,(H,29,30,31). The molecule has 0 amide bonds. The van der Waals surface area contributed by atoms with Crippen LogP contribution in [-0.2, 0) is 0 Å². The molecule has 0 bridgehead atoms. The van der Waals surface area contributed by atoms with Crippen molar-refractivity contribution in [3.05, 3.63) is 102 Å². The minimum atomic E-state index is 0.0857. The number of hydrogen-bond donors (Lipinski definition) is 1. The van der Waals surface area contributed by atoms with Crippen molar-refractivity contribution in [2.45, 2.75) is 19.9 Å². The van der Waals surface area contributed by atoms with Crippen molar-refractivity contribution in [3.63, 3.8) is 0 Å². The van der Waals surface area contributed by atoms with Gasteiger partial charge in [-0.1, -0.05) is 42.5 Å². The Labute approximate surface area is 193 Å². The number of aromatic nitrogens is 3. The van der Waals surface area contributed by atoms with Gasteiger partial charge in [-0.05, 0) is 73.0 Å². The number of fused-ring (bicyclic) bond motifs is 1. The Kier molecular flexibility index (Phi) is 5.53. The third kappa shape index (κ3) is 4.05. The molecule has 5 aromatic rings. The van der Waals surface area contributed by atoms with Gasteiger partial charge in [0.25, 0.3) is 0 Å². The highest BCUT2D eigenvalue weighted by atomic mass is 16.5. The summed E-state index contributed by atoms with van der Waals surface area (Å²) in [6.07, 6.45) is 1.63. The van der Waals surface area contributed by atoms with Gasteiger partial charge in [0, 0.05) is 5.69 Å². The third-order valence-electron chi connectivity index (χ3n) is 5.97. The lowest BCUT2D eigenvalue weighted by Crippen LogP contribution is -2.09. The molecule has 0 fully saturated rings. The van der Waals surface area contributed by atoms with Gasteiger partial charge in [0.2, 0.25) is 0 Å². The predicted molar refractivity (Wildman–Crippen MR) is 134 cm³/mol. The first-order chi connectivity index (χ1) is 16.1. The van der Waals surface area contributed by atoms with Crippen LogP contribution in [0.1, 0.15) is 24.1 Å². The fraction of sp³-hybridized carbons (Fsp3) is 0.143. The van der Waals surface area contributed by atoms with Crippen molar-refractivity contribution in [1.82, 2.24) is 14.5 Å². The molecule has 0 saturated carbocycles. The van der Waals surface area contributed by atoms with E-state index in [0.717, 1.165) is 39.5 Å². The molecule has 5 heteroatoms. The molecule has 2 aromatic heterocycles. The summed E-state index contributed by atoms with van der Waals surface area (Å²) in [7, 11) is 1.68. The van der Waals surface area contributed by atoms with Crippen LogP contribution in [0.3, 0.4) is 0 Å². The van der Waals surface area contributed by atoms with Crippen LogP contribution in [0.2, 0.25) is 0 Å². The van der Waals surface area contributed by atoms with Crippen molar-refractivity contribution in [3.8, 4) is 17.0 Å². The van der Waals surface area contributed by atoms with Crippen LogP contribution in [0.4, 0.5) is 11.5 Å². The number of nitrogens with one attached hydrogen (secondary N) is 1. The van der Waals surface area contributed by atoms with E-state index in [1.165, 1.54) is 11.1 Å². The number of methoxy groups -OCH3 is 1. The molecule has 0 radical (unpaired) electrons. The highest BCUT2D eigenvalue weighted by Gasteiger charge is 2.20. The molecule has 0 aliphatic heterocycles. The lowest BCUT2D eigenvalue weighted by atomic mass is 10.1. The van der Waals surface area contributed by atoms with Crippen LogP contribution in [-0.4, -0.2) is 21.6 Å². The predicted octanol–water partition coefficient (Wildman–Crippen LogP) is 6.77. The maximum atomic E-state index is 5.37. The smallest absolute Gasteiger partial charge is 0.146 e. The molecule has 5 rings (SSSR count). The second-order valence-electron chi connectivity index (χ2n) is 8.17. The van der Waals surface area contributed by atoms with Crippen LogP contribution >= 0.6 is 0 Å². The quantitative estimate of drug-likeness (QED) is 0.320. The van der Waals surface area contributed by atoms with Crippen molar-refractivity contribution in [2.75, 3.05) is 12.4 Å². The van der Waals surface area contributed by atoms with Gasteiger partial charge >= 0.3 is 0 Å². The minimum Gasteiger partial charge on any atom is -0.497 e. The number of rotatable bonds is 6. The normalized spacial score (nSPS) is 12.0. The summed E-state index contributed by atoms with van der Waals surface area (Å²) >= 11 is 0. The van der Waals surface area contributed by atoms with E-state index in [1.807, 2.05) is 24.3 Å². The van der Waals surface area contributed by atoms with Crippen LogP contribution < -0.4 is 10.1 Å². The Morgan fingerprint density at radius 1 is 0.879 bits per heavy atom. The molecule has 0 saturated heterocycles. The van der Waals surface area contributed by atoms with E-state index < -0.39 is 0 Å². The molecule has 3 aromatic carbocycles. The number of nitrogens with zero attached hydrogens (tertiary/aromatic N) is 3. The second kappa shape index (κ2) is 8.79. The molecule has 33 heavy (non-hydrogen) atoms. The fourth-order valence-corrected chi connectivity index (χ4v) is 4.25. The molecule has 0 aliphatic carbocycles. The zero-order valence-corrected chi connectivity index (χ0v) is 19.0. The van der Waals surface area contributed by atoms with Gasteiger partial charge in [0.15, 0.2) is 0 Å². The SMILES string of the molecule is COc1ccc(-c2cc3c(Nc4cccc(C)c4)ncnc3n2C(C)c2ccccc2)cc1. The van der Waals surface area contributed by atoms with Gasteiger partial charge in [-0.3, -0.25) is 0 Å². The van der Waals surface area contributed by atoms with Crippen LogP contribution in [0.5, 0.6) is 5.75 Å². The molecule has 5 nitrogen and oxygen atoms in total. The molecule has 1 atom stereocenters. The monoisotopic (exact) mass is 434 g/mol. The number of aryl methyl sites for hydroxylation is 1. The number of benzene rings is 3. The van der Waals surface area contributed by atoms with E-state index in [1.54, 1.807) is 13.4 Å². The minimum absolute atomic E-state index is 0.0857. The number of anilines is 2. The zero-order valence-electron chi connectivity index (χ0n) is 19.0. The first-order valence-electron chi connectivity index (χ1n) is 11.0. The number of ether oxygens (including phenoxy) is 1. The van der Waals surface area contributed by atoms with Gasteiger partial charge in [-0.15, -0.1) is 0 Å². The summed E-state index contributed by atoms with van der Waals surface area (Å²) in [4.78, 5) is 9.30. The zero-order chi connectivity index (χ0) is 22.8. The second-order valence-corrected chi connectivity index (χ2v) is 8.17. The molecule has 0 aliphatic rings. The molecule has 0 spiro atoms. The average Bonchev–Trinajstić information content (AvgIpc) is 3.25. The van der Waals surface area contributed by atoms with Crippen molar-refractivity contribution in [1.29, 1.82) is 0 Å². The summed E-state index contributed by atoms with van der Waals surface area (Å²) in [5.41, 5.74) is 6.48. The summed E-state index contributed by atoms with van der Waals surface area (Å²) < 4.78 is 7.65. The van der Waals surface area contributed by atoms with Crippen molar-refractivity contribution < 1.29 is 4.74 Å². The van der Waals surface area contributed by atoms with Gasteiger partial charge in [0.05, 0.1) is 24.2 Å². The summed E-state index contributed by atoms with van der Waals surface area (Å²) in [5, 5.41) is 4.47. The van der Waals surface area contributed by atoms with Gasteiger partial charge < -0.3 is 14.6 Å². The Morgan fingerprint density at radius 3 is 2.39 bits per heavy atom. The van der Waals surface area contributed by atoms with E-state index in [4.69, 9.17) is 9.72 Å². The van der Waals surface area contributed by atoms with Gasteiger partial charge in [0.1, 0.15) is 23.5 Å². The number of hydrogen-bond acceptors (Lipinski definition) is 4. The van der Waals surface area contributed by atoms with Crippen LogP contribution in [0.15, 0.2) is 91.3 Å². The van der Waals surface area contributed by atoms with E-state index >= 15 is 0 Å². The first kappa shape index (κ1) is 20.8. The lowest BCUT2D eigenvalue weighted by Gasteiger charge is -2.19. The van der Waals surface area contributed by atoms with E-state index in [-0.39, 0.29) is 6.04 Å². The molecule has 164 valence electrons. The van der Waals surface area contributed by atoms with Crippen LogP contribution in [0.25, 0.3) is 22.3 Å². The van der Waals surface area contributed by atoms with Gasteiger partial charge in [-0.25, -0.2) is 9.97 Å². The highest BCUT2D eigenvalue weighted by molar-refractivity contribution is 5.94. The fourth-order valence-electron chi connectivity index (χ4n) is 4.25. The maximum Gasteiger partial charge on any atom is 0.146 e. The maximum absolute atomic E-state index is 5.37. The Hall–Kier alpha value is -4.12.